The van der Waals surface area contributed by atoms with Crippen LogP contribution in [-0.2, 0) is 11.0 Å². The average molecular weight is 691 g/mol. The van der Waals surface area contributed by atoms with Crippen LogP contribution in [0.1, 0.15) is 52.7 Å². The van der Waals surface area contributed by atoms with Crippen molar-refractivity contribution in [3.8, 4) is 5.75 Å². The minimum atomic E-state index is -4.62. The number of anilines is 3. The van der Waals surface area contributed by atoms with Crippen LogP contribution in [0, 0.1) is 6.92 Å². The zero-order valence-corrected chi connectivity index (χ0v) is 26.4. The standard InChI is InChI=1S/C29H30ClF3N10O5/c1-14-11-19(24(46)37-18-4-3-16(12-17(18)30)29(31,32)33)42-21(14)22(26(48)43-28(42)38-27(39-43)34-5-10-44)40-6-8-41(9-7-40)25(47)20-23(45)15(2)35-13-36-20/h3-4,12-14,19,44-45H,5-11H2,1-2H3,(H,34,39)(H,37,46)/t14-,19+/m0/s1. The van der Waals surface area contributed by atoms with Gasteiger partial charge in [-0.15, -0.1) is 5.10 Å². The van der Waals surface area contributed by atoms with E-state index in [1.807, 2.05) is 6.92 Å². The third-order valence-electron chi connectivity index (χ3n) is 8.40. The van der Waals surface area contributed by atoms with Gasteiger partial charge < -0.3 is 30.6 Å². The lowest BCUT2D eigenvalue weighted by Gasteiger charge is -2.36. The van der Waals surface area contributed by atoms with E-state index in [-0.39, 0.29) is 96.9 Å². The number of hydrogen-bond donors (Lipinski definition) is 4. The molecule has 4 aromatic rings. The number of aromatic hydroxyl groups is 1. The second kappa shape index (κ2) is 12.6. The fourth-order valence-corrected chi connectivity index (χ4v) is 6.26. The first-order chi connectivity index (χ1) is 22.8. The number of benzene rings is 1. The number of carbonyl (C=O) groups excluding carboxylic acids is 2. The lowest BCUT2D eigenvalue weighted by atomic mass is 10.0. The van der Waals surface area contributed by atoms with Gasteiger partial charge in [0.05, 0.1) is 34.3 Å². The minimum absolute atomic E-state index is 0.0227. The number of amides is 2. The molecule has 3 aromatic heterocycles. The normalized spacial score (nSPS) is 17.9. The van der Waals surface area contributed by atoms with Gasteiger partial charge in [-0.3, -0.25) is 19.0 Å². The van der Waals surface area contributed by atoms with E-state index in [9.17, 15) is 37.8 Å². The number of aromatic nitrogens is 6. The highest BCUT2D eigenvalue weighted by molar-refractivity contribution is 6.33. The number of fused-ring (bicyclic) bond motifs is 3. The van der Waals surface area contributed by atoms with Gasteiger partial charge in [0.2, 0.25) is 17.6 Å². The highest BCUT2D eigenvalue weighted by Crippen LogP contribution is 2.42. The maximum atomic E-state index is 14.1. The van der Waals surface area contributed by atoms with Crippen LogP contribution in [0.15, 0.2) is 29.3 Å². The first-order valence-electron chi connectivity index (χ1n) is 14.9. The highest BCUT2D eigenvalue weighted by atomic mass is 35.5. The molecule has 0 spiro atoms. The Morgan fingerprint density at radius 2 is 1.88 bits per heavy atom. The molecule has 0 bridgehead atoms. The summed E-state index contributed by atoms with van der Waals surface area (Å²) < 4.78 is 42.2. The molecule has 0 radical (unpaired) electrons. The Balaban J connectivity index is 1.35. The summed E-state index contributed by atoms with van der Waals surface area (Å²) >= 11 is 6.13. The van der Waals surface area contributed by atoms with Crippen molar-refractivity contribution in [3.05, 3.63) is 62.5 Å². The number of rotatable bonds is 7. The number of piperazine rings is 1. The van der Waals surface area contributed by atoms with Gasteiger partial charge in [-0.25, -0.2) is 9.97 Å². The summed E-state index contributed by atoms with van der Waals surface area (Å²) in [7, 11) is 0. The minimum Gasteiger partial charge on any atom is -0.504 e. The lowest BCUT2D eigenvalue weighted by Crippen LogP contribution is -2.51. The van der Waals surface area contributed by atoms with Gasteiger partial charge >= 0.3 is 6.18 Å². The van der Waals surface area contributed by atoms with Crippen LogP contribution < -0.4 is 21.1 Å². The Morgan fingerprint density at radius 1 is 1.15 bits per heavy atom. The number of hydrogen-bond acceptors (Lipinski definition) is 11. The highest BCUT2D eigenvalue weighted by Gasteiger charge is 2.41. The van der Waals surface area contributed by atoms with Gasteiger partial charge in [0, 0.05) is 38.6 Å². The molecule has 15 nitrogen and oxygen atoms in total. The van der Waals surface area contributed by atoms with Crippen LogP contribution in [0.5, 0.6) is 5.75 Å². The molecule has 1 saturated heterocycles. The summed E-state index contributed by atoms with van der Waals surface area (Å²) in [5.41, 5.74) is -0.613. The van der Waals surface area contributed by atoms with Crippen molar-refractivity contribution in [1.82, 2.24) is 34.0 Å². The van der Waals surface area contributed by atoms with E-state index in [1.165, 1.54) is 11.2 Å². The largest absolute Gasteiger partial charge is 0.504 e. The summed E-state index contributed by atoms with van der Waals surface area (Å²) in [5, 5.41) is 29.1. The monoisotopic (exact) mass is 690 g/mol. The van der Waals surface area contributed by atoms with Gasteiger partial charge in [0.1, 0.15) is 18.1 Å². The van der Waals surface area contributed by atoms with E-state index >= 15 is 0 Å². The second-order valence-corrected chi connectivity index (χ2v) is 11.9. The Kier molecular flexibility index (Phi) is 8.63. The second-order valence-electron chi connectivity index (χ2n) is 11.5. The predicted molar refractivity (Wildman–Crippen MR) is 167 cm³/mol. The quantitative estimate of drug-likeness (QED) is 0.223. The van der Waals surface area contributed by atoms with Crippen molar-refractivity contribution in [2.75, 3.05) is 54.9 Å². The molecular weight excluding hydrogens is 661 g/mol. The fourth-order valence-electron chi connectivity index (χ4n) is 6.04. The summed E-state index contributed by atoms with van der Waals surface area (Å²) in [5.74, 6) is -1.67. The molecule has 2 atom stereocenters. The number of nitrogens with zero attached hydrogens (tertiary/aromatic N) is 8. The molecule has 4 N–H and O–H groups in total. The van der Waals surface area contributed by atoms with E-state index in [1.54, 1.807) is 16.4 Å². The predicted octanol–water partition coefficient (Wildman–Crippen LogP) is 2.42. The smallest absolute Gasteiger partial charge is 0.416 e. The van der Waals surface area contributed by atoms with E-state index < -0.39 is 35.2 Å². The first kappa shape index (κ1) is 33.0. The van der Waals surface area contributed by atoms with E-state index in [0.29, 0.717) is 5.69 Å². The number of nitrogens with one attached hydrogen (secondary N) is 2. The lowest BCUT2D eigenvalue weighted by molar-refractivity contribution is -0.137. The molecule has 254 valence electrons. The van der Waals surface area contributed by atoms with Gasteiger partial charge in [-0.1, -0.05) is 18.5 Å². The topological polar surface area (TPSA) is 183 Å². The van der Waals surface area contributed by atoms with Crippen LogP contribution >= 0.6 is 11.6 Å². The Morgan fingerprint density at radius 3 is 2.54 bits per heavy atom. The van der Waals surface area contributed by atoms with Crippen molar-refractivity contribution in [2.45, 2.75) is 38.4 Å². The van der Waals surface area contributed by atoms with E-state index in [2.05, 4.69) is 30.7 Å². The van der Waals surface area contributed by atoms with Gasteiger partial charge in [-0.05, 0) is 31.5 Å². The van der Waals surface area contributed by atoms with Gasteiger partial charge in [0.25, 0.3) is 11.5 Å². The Bertz CT molecular complexity index is 1980. The maximum absolute atomic E-state index is 14.1. The number of aryl methyl sites for hydroxylation is 1. The summed E-state index contributed by atoms with van der Waals surface area (Å²) in [6.07, 6.45) is -3.21. The molecule has 2 aliphatic rings. The number of halogens is 4. The summed E-state index contributed by atoms with van der Waals surface area (Å²) in [6.45, 7) is 4.06. The van der Waals surface area contributed by atoms with Crippen LogP contribution in [0.25, 0.3) is 5.78 Å². The molecule has 1 fully saturated rings. The molecular formula is C29H30ClF3N10O5. The maximum Gasteiger partial charge on any atom is 0.416 e. The van der Waals surface area contributed by atoms with Crippen LogP contribution in [0.4, 0.5) is 30.5 Å². The van der Waals surface area contributed by atoms with E-state index in [0.717, 1.165) is 22.7 Å². The fraction of sp³-hybridized carbons (Fsp3) is 0.414. The van der Waals surface area contributed by atoms with Gasteiger partial charge in [-0.2, -0.15) is 22.7 Å². The Hall–Kier alpha value is -4.97. The zero-order chi connectivity index (χ0) is 34.5. The Labute approximate surface area is 275 Å². The van der Waals surface area contributed by atoms with Crippen LogP contribution in [-0.4, -0.2) is 95.4 Å². The van der Waals surface area contributed by atoms with Crippen molar-refractivity contribution in [1.29, 1.82) is 0 Å². The number of alkyl halides is 3. The zero-order valence-electron chi connectivity index (χ0n) is 25.6. The molecule has 48 heavy (non-hydrogen) atoms. The summed E-state index contributed by atoms with van der Waals surface area (Å²) in [4.78, 5) is 56.6. The number of carbonyl (C=O) groups is 2. The molecule has 6 rings (SSSR count). The molecule has 1 aromatic carbocycles. The first-order valence-corrected chi connectivity index (χ1v) is 15.3. The molecule has 0 saturated carbocycles. The molecule has 19 heteroatoms. The van der Waals surface area contributed by atoms with Crippen molar-refractivity contribution >= 4 is 46.5 Å². The van der Waals surface area contributed by atoms with Crippen molar-refractivity contribution in [3.63, 3.8) is 0 Å². The third-order valence-corrected chi connectivity index (χ3v) is 8.71. The van der Waals surface area contributed by atoms with Crippen LogP contribution in [0.3, 0.4) is 0 Å². The molecule has 5 heterocycles. The number of aliphatic hydroxyl groups is 1. The number of aliphatic hydroxyl groups excluding tert-OH is 1. The van der Waals surface area contributed by atoms with Gasteiger partial charge in [0.15, 0.2) is 11.4 Å². The average Bonchev–Trinajstić information content (AvgIpc) is 3.63. The van der Waals surface area contributed by atoms with Crippen molar-refractivity contribution < 1.29 is 33.0 Å². The third kappa shape index (κ3) is 5.85. The molecule has 0 unspecified atom stereocenters. The molecule has 2 amide bonds. The molecule has 0 aliphatic carbocycles. The summed E-state index contributed by atoms with van der Waals surface area (Å²) in [6, 6.07) is 1.66. The molecule has 2 aliphatic heterocycles. The van der Waals surface area contributed by atoms with Crippen molar-refractivity contribution in [2.24, 2.45) is 0 Å². The SMILES string of the molecule is Cc1ncnc(C(=O)N2CCN(c3c4n(c5nc(NCCO)nn5c3=O)[C@@H](C(=O)Nc3ccc(C(F)(F)F)cc3Cl)C[C@@H]4C)CC2)c1O. The van der Waals surface area contributed by atoms with E-state index in [4.69, 9.17) is 11.6 Å². The van der Waals surface area contributed by atoms with Crippen LogP contribution in [0.2, 0.25) is 5.02 Å².